The van der Waals surface area contributed by atoms with Crippen molar-refractivity contribution in [2.45, 2.75) is 49.8 Å². The third kappa shape index (κ3) is 3.70. The molecule has 1 saturated carbocycles. The molecule has 1 aliphatic heterocycles. The van der Waals surface area contributed by atoms with Crippen LogP contribution in [0.3, 0.4) is 0 Å². The van der Waals surface area contributed by atoms with Gasteiger partial charge in [0.25, 0.3) is 0 Å². The minimum atomic E-state index is 0.150. The maximum absolute atomic E-state index is 12.8. The molecule has 1 saturated heterocycles. The summed E-state index contributed by atoms with van der Waals surface area (Å²) in [7, 11) is 0. The summed E-state index contributed by atoms with van der Waals surface area (Å²) in [6.07, 6.45) is 4.29. The number of carbonyl (C=O) groups is 1. The van der Waals surface area contributed by atoms with Gasteiger partial charge in [0, 0.05) is 6.54 Å². The van der Waals surface area contributed by atoms with E-state index in [-0.39, 0.29) is 11.9 Å². The molecule has 2 aliphatic rings. The van der Waals surface area contributed by atoms with Gasteiger partial charge in [0.1, 0.15) is 5.75 Å². The van der Waals surface area contributed by atoms with Gasteiger partial charge in [-0.05, 0) is 60.7 Å². The van der Waals surface area contributed by atoms with Crippen LogP contribution in [-0.2, 0) is 4.79 Å². The van der Waals surface area contributed by atoms with E-state index in [9.17, 15) is 4.79 Å². The number of amides is 1. The number of aromatic nitrogens is 4. The zero-order valence-corrected chi connectivity index (χ0v) is 15.7. The number of rotatable bonds is 7. The number of carbonyl (C=O) groups excluding carboxylic acids is 1. The number of ether oxygens (including phenoxy) is 1. The lowest BCUT2D eigenvalue weighted by Gasteiger charge is -2.25. The number of tetrazole rings is 1. The molecule has 2 fully saturated rings. The van der Waals surface area contributed by atoms with Crippen LogP contribution >= 0.6 is 11.8 Å². The molecular formula is C18H23N5O2S. The Morgan fingerprint density at radius 2 is 2.08 bits per heavy atom. The van der Waals surface area contributed by atoms with E-state index in [1.807, 2.05) is 28.6 Å². The van der Waals surface area contributed by atoms with Gasteiger partial charge in [-0.15, -0.1) is 5.10 Å². The number of benzene rings is 1. The molecule has 7 nitrogen and oxygen atoms in total. The molecule has 0 radical (unpaired) electrons. The molecule has 0 bridgehead atoms. The van der Waals surface area contributed by atoms with Crippen LogP contribution in [0, 0.1) is 0 Å². The lowest BCUT2D eigenvalue weighted by Crippen LogP contribution is -2.32. The summed E-state index contributed by atoms with van der Waals surface area (Å²) < 4.78 is 7.36. The highest BCUT2D eigenvalue weighted by molar-refractivity contribution is 7.99. The van der Waals surface area contributed by atoms with Crippen molar-refractivity contribution in [1.82, 2.24) is 25.1 Å². The van der Waals surface area contributed by atoms with E-state index >= 15 is 0 Å². The molecule has 8 heteroatoms. The van der Waals surface area contributed by atoms with E-state index in [4.69, 9.17) is 4.74 Å². The van der Waals surface area contributed by atoms with Crippen LogP contribution in [0.25, 0.3) is 0 Å². The first-order valence-electron chi connectivity index (χ1n) is 9.19. The van der Waals surface area contributed by atoms with Gasteiger partial charge in [-0.25, -0.2) is 4.68 Å². The minimum absolute atomic E-state index is 0.150. The topological polar surface area (TPSA) is 73.1 Å². The predicted octanol–water partition coefficient (Wildman–Crippen LogP) is 2.86. The predicted molar refractivity (Wildman–Crippen MR) is 98.1 cm³/mol. The second-order valence-corrected chi connectivity index (χ2v) is 7.62. The Morgan fingerprint density at radius 1 is 1.27 bits per heavy atom. The second kappa shape index (κ2) is 7.65. The Bertz CT molecular complexity index is 759. The van der Waals surface area contributed by atoms with E-state index in [2.05, 4.69) is 27.7 Å². The maximum Gasteiger partial charge on any atom is 0.233 e. The smallest absolute Gasteiger partial charge is 0.233 e. The zero-order chi connectivity index (χ0) is 17.9. The molecule has 1 aliphatic carbocycles. The van der Waals surface area contributed by atoms with Crippen LogP contribution in [0.15, 0.2) is 29.4 Å². The molecular weight excluding hydrogens is 350 g/mol. The third-order valence-electron chi connectivity index (χ3n) is 4.83. The Morgan fingerprint density at radius 3 is 2.81 bits per heavy atom. The fourth-order valence-corrected chi connectivity index (χ4v) is 4.23. The molecule has 138 valence electrons. The van der Waals surface area contributed by atoms with Crippen LogP contribution < -0.4 is 4.74 Å². The molecule has 0 spiro atoms. The highest BCUT2D eigenvalue weighted by Crippen LogP contribution is 2.37. The normalized spacial score (nSPS) is 19.7. The summed E-state index contributed by atoms with van der Waals surface area (Å²) in [5, 5.41) is 12.6. The number of likely N-dealkylation sites (tertiary alicyclic amines) is 1. The molecule has 2 heterocycles. The van der Waals surface area contributed by atoms with E-state index in [1.165, 1.54) is 17.3 Å². The quantitative estimate of drug-likeness (QED) is 0.695. The summed E-state index contributed by atoms with van der Waals surface area (Å²) in [6.45, 7) is 3.44. The van der Waals surface area contributed by atoms with Crippen molar-refractivity contribution in [2.75, 3.05) is 18.9 Å². The van der Waals surface area contributed by atoms with Crippen molar-refractivity contribution in [1.29, 1.82) is 0 Å². The van der Waals surface area contributed by atoms with Crippen LogP contribution in [-0.4, -0.2) is 49.9 Å². The van der Waals surface area contributed by atoms with E-state index in [1.54, 1.807) is 0 Å². The molecule has 1 aromatic heterocycles. The van der Waals surface area contributed by atoms with Gasteiger partial charge < -0.3 is 9.64 Å². The van der Waals surface area contributed by atoms with Crippen molar-refractivity contribution in [2.24, 2.45) is 0 Å². The van der Waals surface area contributed by atoms with Gasteiger partial charge in [-0.3, -0.25) is 4.79 Å². The summed E-state index contributed by atoms with van der Waals surface area (Å²) in [5.41, 5.74) is 1.17. The van der Waals surface area contributed by atoms with Crippen molar-refractivity contribution >= 4 is 17.7 Å². The van der Waals surface area contributed by atoms with Gasteiger partial charge >= 0.3 is 0 Å². The van der Waals surface area contributed by atoms with Crippen molar-refractivity contribution in [3.63, 3.8) is 0 Å². The van der Waals surface area contributed by atoms with Gasteiger partial charge in [-0.1, -0.05) is 23.9 Å². The van der Waals surface area contributed by atoms with Crippen molar-refractivity contribution in [3.8, 4) is 5.75 Å². The van der Waals surface area contributed by atoms with E-state index in [0.29, 0.717) is 18.4 Å². The van der Waals surface area contributed by atoms with Crippen LogP contribution in [0.5, 0.6) is 5.75 Å². The van der Waals surface area contributed by atoms with Gasteiger partial charge in [-0.2, -0.15) is 0 Å². The maximum atomic E-state index is 12.8. The molecule has 1 amide bonds. The van der Waals surface area contributed by atoms with E-state index in [0.717, 1.165) is 43.1 Å². The summed E-state index contributed by atoms with van der Waals surface area (Å²) in [6, 6.07) is 8.69. The minimum Gasteiger partial charge on any atom is -0.494 e. The largest absolute Gasteiger partial charge is 0.494 e. The summed E-state index contributed by atoms with van der Waals surface area (Å²) in [5.74, 6) is 1.40. The summed E-state index contributed by atoms with van der Waals surface area (Å²) >= 11 is 1.44. The number of thioether (sulfide) groups is 1. The van der Waals surface area contributed by atoms with Gasteiger partial charge in [0.2, 0.25) is 11.1 Å². The van der Waals surface area contributed by atoms with Crippen molar-refractivity contribution in [3.05, 3.63) is 29.8 Å². The Labute approximate surface area is 157 Å². The zero-order valence-electron chi connectivity index (χ0n) is 14.9. The lowest BCUT2D eigenvalue weighted by molar-refractivity contribution is -0.129. The Kier molecular flexibility index (Phi) is 5.10. The molecule has 1 unspecified atom stereocenters. The first kappa shape index (κ1) is 17.3. The van der Waals surface area contributed by atoms with Crippen LogP contribution in [0.1, 0.15) is 50.3 Å². The summed E-state index contributed by atoms with van der Waals surface area (Å²) in [4.78, 5) is 14.8. The fraction of sp³-hybridized carbons (Fsp3) is 0.556. The SMILES string of the molecule is CCOc1ccc(C2CCCN2C(=O)CSc2nnnn2C2CC2)cc1. The second-order valence-electron chi connectivity index (χ2n) is 6.67. The third-order valence-corrected chi connectivity index (χ3v) is 5.75. The molecule has 1 atom stereocenters. The van der Waals surface area contributed by atoms with Crippen molar-refractivity contribution < 1.29 is 9.53 Å². The monoisotopic (exact) mass is 373 g/mol. The fourth-order valence-electron chi connectivity index (χ4n) is 3.40. The Balaban J connectivity index is 1.39. The number of nitrogens with zero attached hydrogens (tertiary/aromatic N) is 5. The molecule has 4 rings (SSSR count). The number of hydrogen-bond donors (Lipinski definition) is 0. The highest BCUT2D eigenvalue weighted by Gasteiger charge is 2.31. The van der Waals surface area contributed by atoms with Gasteiger partial charge in [0.05, 0.1) is 24.4 Å². The molecule has 26 heavy (non-hydrogen) atoms. The van der Waals surface area contributed by atoms with Crippen LogP contribution in [0.4, 0.5) is 0 Å². The molecule has 2 aromatic rings. The standard InChI is InChI=1S/C18H23N5O2S/c1-2-25-15-9-5-13(6-10-15)16-4-3-11-22(16)17(24)12-26-18-19-20-21-23(18)14-7-8-14/h5-6,9-10,14,16H,2-4,7-8,11-12H2,1H3. The average Bonchev–Trinajstić information content (AvgIpc) is 3.19. The molecule has 0 N–H and O–H groups in total. The Hall–Kier alpha value is -2.09. The number of hydrogen-bond acceptors (Lipinski definition) is 6. The first-order valence-corrected chi connectivity index (χ1v) is 10.2. The van der Waals surface area contributed by atoms with E-state index < -0.39 is 0 Å². The highest BCUT2D eigenvalue weighted by atomic mass is 32.2. The molecule has 1 aromatic carbocycles. The lowest BCUT2D eigenvalue weighted by atomic mass is 10.0. The van der Waals surface area contributed by atoms with Crippen LogP contribution in [0.2, 0.25) is 0 Å². The van der Waals surface area contributed by atoms with Gasteiger partial charge in [0.15, 0.2) is 0 Å². The first-order chi connectivity index (χ1) is 12.8. The average molecular weight is 373 g/mol.